The number of amides is 2. The minimum Gasteiger partial charge on any atom is -0.497 e. The molecule has 1 aliphatic heterocycles. The number of carbonyl (C=O) groups excluding carboxylic acids is 2. The Balaban J connectivity index is 1.41. The summed E-state index contributed by atoms with van der Waals surface area (Å²) in [5, 5.41) is 0. The lowest BCUT2D eigenvalue weighted by Gasteiger charge is -2.39. The lowest BCUT2D eigenvalue weighted by molar-refractivity contribution is -0.145. The zero-order valence-electron chi connectivity index (χ0n) is 27.9. The number of methoxy groups -OCH3 is 1. The highest BCUT2D eigenvalue weighted by Crippen LogP contribution is 2.21. The van der Waals surface area contributed by atoms with Gasteiger partial charge >= 0.3 is 0 Å². The number of benzene rings is 4. The molecule has 4 aromatic rings. The normalized spacial score (nSPS) is 14.3. The van der Waals surface area contributed by atoms with E-state index in [1.807, 2.05) is 71.6 Å². The Kier molecular flexibility index (Phi) is 12.0. The third-order valence-corrected chi connectivity index (χ3v) is 8.70. The van der Waals surface area contributed by atoms with Crippen LogP contribution in [0.5, 0.6) is 5.75 Å². The van der Waals surface area contributed by atoms with E-state index in [1.165, 1.54) is 11.1 Å². The molecule has 5 rings (SSSR count). The lowest BCUT2D eigenvalue weighted by Crippen LogP contribution is -2.56. The average molecular weight is 630 g/mol. The molecular weight excluding hydrogens is 582 g/mol. The van der Waals surface area contributed by atoms with Crippen molar-refractivity contribution >= 4 is 17.9 Å². The highest BCUT2D eigenvalue weighted by Gasteiger charge is 2.34. The summed E-state index contributed by atoms with van der Waals surface area (Å²) in [6, 6.07) is 35.9. The SMILES string of the molecule is COc1ccc(/C=C/C(=O)N(Cc2ccc(CC(C)C)cc2)[C@@H](Cc2ccccc2)C(=O)N2CCN(Cc3ccccc3)CC2)cc1. The Bertz CT molecular complexity index is 1580. The standard InChI is InChI=1S/C41H47N3O3/c1-32(2)28-35-14-16-37(17-15-35)31-44(40(45)23-20-33-18-21-38(47-3)22-19-33)39(29-34-10-6-4-7-11-34)41(46)43-26-24-42(25-27-43)30-36-12-8-5-9-13-36/h4-23,32,39H,24-31H2,1-3H3/b23-20+/t39-/m0/s1. The van der Waals surface area contributed by atoms with E-state index in [1.54, 1.807) is 18.1 Å². The van der Waals surface area contributed by atoms with E-state index < -0.39 is 6.04 Å². The summed E-state index contributed by atoms with van der Waals surface area (Å²) in [5.74, 6) is 1.12. The molecular formula is C41H47N3O3. The molecule has 1 aliphatic rings. The maximum atomic E-state index is 14.5. The highest BCUT2D eigenvalue weighted by atomic mass is 16.5. The molecule has 0 saturated carbocycles. The Morgan fingerprint density at radius 1 is 0.723 bits per heavy atom. The van der Waals surface area contributed by atoms with E-state index in [0.717, 1.165) is 48.5 Å². The van der Waals surface area contributed by atoms with Crippen molar-refractivity contribution in [2.45, 2.75) is 45.8 Å². The largest absolute Gasteiger partial charge is 0.497 e. The van der Waals surface area contributed by atoms with Crippen LogP contribution < -0.4 is 4.74 Å². The smallest absolute Gasteiger partial charge is 0.247 e. The number of rotatable bonds is 13. The van der Waals surface area contributed by atoms with E-state index in [-0.39, 0.29) is 11.8 Å². The third-order valence-electron chi connectivity index (χ3n) is 8.70. The maximum absolute atomic E-state index is 14.5. The maximum Gasteiger partial charge on any atom is 0.247 e. The molecule has 1 fully saturated rings. The summed E-state index contributed by atoms with van der Waals surface area (Å²) in [6.45, 7) is 8.47. The number of carbonyl (C=O) groups is 2. The zero-order valence-corrected chi connectivity index (χ0v) is 27.9. The summed E-state index contributed by atoms with van der Waals surface area (Å²) in [4.78, 5) is 34.8. The fourth-order valence-electron chi connectivity index (χ4n) is 6.12. The highest BCUT2D eigenvalue weighted by molar-refractivity contribution is 5.95. The molecule has 4 aromatic carbocycles. The number of piperazine rings is 1. The average Bonchev–Trinajstić information content (AvgIpc) is 3.10. The van der Waals surface area contributed by atoms with Gasteiger partial charge in [-0.2, -0.15) is 0 Å². The van der Waals surface area contributed by atoms with Crippen molar-refractivity contribution in [1.29, 1.82) is 0 Å². The molecule has 6 nitrogen and oxygen atoms in total. The Labute approximate surface area is 280 Å². The second kappa shape index (κ2) is 16.8. The molecule has 0 N–H and O–H groups in total. The minimum absolute atomic E-state index is 0.00385. The van der Waals surface area contributed by atoms with Gasteiger partial charge in [-0.1, -0.05) is 111 Å². The molecule has 6 heteroatoms. The minimum atomic E-state index is -0.651. The summed E-state index contributed by atoms with van der Waals surface area (Å²) >= 11 is 0. The van der Waals surface area contributed by atoms with Crippen LogP contribution in [0.4, 0.5) is 0 Å². The van der Waals surface area contributed by atoms with Crippen molar-refractivity contribution in [2.24, 2.45) is 5.92 Å². The van der Waals surface area contributed by atoms with Gasteiger partial charge < -0.3 is 14.5 Å². The van der Waals surface area contributed by atoms with Crippen molar-refractivity contribution < 1.29 is 14.3 Å². The zero-order chi connectivity index (χ0) is 33.0. The van der Waals surface area contributed by atoms with Crippen LogP contribution in [0.2, 0.25) is 0 Å². The van der Waals surface area contributed by atoms with Gasteiger partial charge in [-0.3, -0.25) is 14.5 Å². The predicted octanol–water partition coefficient (Wildman–Crippen LogP) is 6.89. The fourth-order valence-corrected chi connectivity index (χ4v) is 6.12. The van der Waals surface area contributed by atoms with Crippen molar-refractivity contribution in [2.75, 3.05) is 33.3 Å². The molecule has 1 saturated heterocycles. The first-order valence-corrected chi connectivity index (χ1v) is 16.7. The molecule has 0 aromatic heterocycles. The number of hydrogen-bond donors (Lipinski definition) is 0. The molecule has 2 amide bonds. The second-order valence-corrected chi connectivity index (χ2v) is 12.8. The van der Waals surface area contributed by atoms with Gasteiger partial charge in [0.05, 0.1) is 7.11 Å². The second-order valence-electron chi connectivity index (χ2n) is 12.8. The quantitative estimate of drug-likeness (QED) is 0.151. The van der Waals surface area contributed by atoms with E-state index in [0.29, 0.717) is 32.0 Å². The summed E-state index contributed by atoms with van der Waals surface area (Å²) in [6.07, 6.45) is 4.85. The molecule has 244 valence electrons. The van der Waals surface area contributed by atoms with Crippen molar-refractivity contribution in [3.63, 3.8) is 0 Å². The van der Waals surface area contributed by atoms with Crippen molar-refractivity contribution in [1.82, 2.24) is 14.7 Å². The number of ether oxygens (including phenoxy) is 1. The summed E-state index contributed by atoms with van der Waals surface area (Å²) < 4.78 is 5.29. The van der Waals surface area contributed by atoms with Gasteiger partial charge in [0.2, 0.25) is 11.8 Å². The van der Waals surface area contributed by atoms with Crippen molar-refractivity contribution in [3.05, 3.63) is 143 Å². The van der Waals surface area contributed by atoms with Gasteiger partial charge in [-0.15, -0.1) is 0 Å². The first-order chi connectivity index (χ1) is 22.9. The Morgan fingerprint density at radius 2 is 1.30 bits per heavy atom. The van der Waals surface area contributed by atoms with E-state index in [9.17, 15) is 9.59 Å². The molecule has 0 spiro atoms. The van der Waals surface area contributed by atoms with Gasteiger partial charge in [0, 0.05) is 51.8 Å². The van der Waals surface area contributed by atoms with Crippen LogP contribution in [0.25, 0.3) is 6.08 Å². The fraction of sp³-hybridized carbons (Fsp3) is 0.317. The van der Waals surface area contributed by atoms with E-state index >= 15 is 0 Å². The van der Waals surface area contributed by atoms with Crippen LogP contribution in [0.15, 0.2) is 115 Å². The molecule has 47 heavy (non-hydrogen) atoms. The Morgan fingerprint density at radius 3 is 1.89 bits per heavy atom. The van der Waals surface area contributed by atoms with Gasteiger partial charge in [0.15, 0.2) is 0 Å². The molecule has 0 bridgehead atoms. The van der Waals surface area contributed by atoms with Crippen LogP contribution in [0, 0.1) is 5.92 Å². The number of nitrogens with zero attached hydrogens (tertiary/aromatic N) is 3. The van der Waals surface area contributed by atoms with E-state index in [4.69, 9.17) is 4.74 Å². The van der Waals surface area contributed by atoms with Crippen LogP contribution >= 0.6 is 0 Å². The molecule has 0 unspecified atom stereocenters. The van der Waals surface area contributed by atoms with Crippen LogP contribution in [0.1, 0.15) is 41.7 Å². The van der Waals surface area contributed by atoms with Crippen molar-refractivity contribution in [3.8, 4) is 5.75 Å². The molecule has 1 atom stereocenters. The monoisotopic (exact) mass is 629 g/mol. The summed E-state index contributed by atoms with van der Waals surface area (Å²) in [7, 11) is 1.63. The summed E-state index contributed by atoms with van der Waals surface area (Å²) in [5.41, 5.74) is 5.46. The lowest BCUT2D eigenvalue weighted by atomic mass is 9.99. The van der Waals surface area contributed by atoms with E-state index in [2.05, 4.69) is 67.3 Å². The first-order valence-electron chi connectivity index (χ1n) is 16.7. The van der Waals surface area contributed by atoms with Gasteiger partial charge in [-0.25, -0.2) is 0 Å². The van der Waals surface area contributed by atoms with Crippen LogP contribution in [-0.2, 0) is 35.5 Å². The molecule has 0 radical (unpaired) electrons. The number of hydrogen-bond acceptors (Lipinski definition) is 4. The van der Waals surface area contributed by atoms with Crippen LogP contribution in [0.3, 0.4) is 0 Å². The molecule has 0 aliphatic carbocycles. The van der Waals surface area contributed by atoms with Gasteiger partial charge in [0.1, 0.15) is 11.8 Å². The molecule has 1 heterocycles. The van der Waals surface area contributed by atoms with Gasteiger partial charge in [-0.05, 0) is 58.4 Å². The van der Waals surface area contributed by atoms with Crippen LogP contribution in [-0.4, -0.2) is 65.8 Å². The third kappa shape index (κ3) is 9.90. The van der Waals surface area contributed by atoms with Gasteiger partial charge in [0.25, 0.3) is 0 Å². The predicted molar refractivity (Wildman–Crippen MR) is 190 cm³/mol. The first kappa shape index (κ1) is 33.7. The topological polar surface area (TPSA) is 53.1 Å². The Hall–Kier alpha value is -4.68.